The number of nitrogens with zero attached hydrogens (tertiary/aromatic N) is 1. The van der Waals surface area contributed by atoms with Crippen LogP contribution in [0, 0.1) is 6.92 Å². The van der Waals surface area contributed by atoms with Crippen LogP contribution in [-0.2, 0) is 6.18 Å². The Labute approximate surface area is 105 Å². The summed E-state index contributed by atoms with van der Waals surface area (Å²) in [6, 6.07) is 4.68. The van der Waals surface area contributed by atoms with Gasteiger partial charge < -0.3 is 0 Å². The molecule has 0 aliphatic rings. The number of benzene rings is 1. The third-order valence-corrected chi connectivity index (χ3v) is 3.19. The van der Waals surface area contributed by atoms with Gasteiger partial charge in [0.1, 0.15) is 5.69 Å². The van der Waals surface area contributed by atoms with Crippen molar-refractivity contribution in [3.05, 3.63) is 39.5 Å². The van der Waals surface area contributed by atoms with Crippen LogP contribution < -0.4 is 0 Å². The van der Waals surface area contributed by atoms with Gasteiger partial charge >= 0.3 is 6.18 Å². The molecule has 0 fully saturated rings. The Morgan fingerprint density at radius 1 is 1.18 bits per heavy atom. The fourth-order valence-electron chi connectivity index (χ4n) is 1.58. The molecule has 0 saturated carbocycles. The molecule has 0 atom stereocenters. The molecule has 1 heterocycles. The highest BCUT2D eigenvalue weighted by atomic mass is 35.5. The standard InChI is InChI=1S/C11H6Cl2F3N/c1-5-8(13)6-3-2-4-7(12)9(6)17-10(5)11(14,15)16/h2-4H,1H3. The minimum absolute atomic E-state index is 0.0322. The van der Waals surface area contributed by atoms with Gasteiger partial charge in [-0.05, 0) is 18.6 Å². The highest BCUT2D eigenvalue weighted by Gasteiger charge is 2.36. The zero-order chi connectivity index (χ0) is 12.8. The van der Waals surface area contributed by atoms with Crippen molar-refractivity contribution in [3.63, 3.8) is 0 Å². The first-order valence-electron chi connectivity index (χ1n) is 4.64. The summed E-state index contributed by atoms with van der Waals surface area (Å²) in [6.07, 6.45) is -4.54. The van der Waals surface area contributed by atoms with Crippen molar-refractivity contribution < 1.29 is 13.2 Å². The fraction of sp³-hybridized carbons (Fsp3) is 0.182. The lowest BCUT2D eigenvalue weighted by Gasteiger charge is -2.13. The Hall–Kier alpha value is -1.00. The molecule has 6 heteroatoms. The lowest BCUT2D eigenvalue weighted by atomic mass is 10.1. The second-order valence-electron chi connectivity index (χ2n) is 3.53. The quantitative estimate of drug-likeness (QED) is 0.671. The third kappa shape index (κ3) is 2.07. The summed E-state index contributed by atoms with van der Waals surface area (Å²) >= 11 is 11.7. The molecular weight excluding hydrogens is 274 g/mol. The number of hydrogen-bond donors (Lipinski definition) is 0. The first-order valence-corrected chi connectivity index (χ1v) is 5.39. The van der Waals surface area contributed by atoms with E-state index in [1.165, 1.54) is 13.0 Å². The van der Waals surface area contributed by atoms with Crippen LogP contribution in [0.15, 0.2) is 18.2 Å². The molecule has 17 heavy (non-hydrogen) atoms. The van der Waals surface area contributed by atoms with Crippen LogP contribution in [0.25, 0.3) is 10.9 Å². The minimum Gasteiger partial charge on any atom is -0.241 e. The van der Waals surface area contributed by atoms with Gasteiger partial charge in [0.15, 0.2) is 0 Å². The van der Waals surface area contributed by atoms with E-state index >= 15 is 0 Å². The lowest BCUT2D eigenvalue weighted by molar-refractivity contribution is -0.141. The SMILES string of the molecule is Cc1c(C(F)(F)F)nc2c(Cl)cccc2c1Cl. The van der Waals surface area contributed by atoms with E-state index in [9.17, 15) is 13.2 Å². The molecule has 1 nitrogen and oxygen atoms in total. The van der Waals surface area contributed by atoms with Gasteiger partial charge in [-0.1, -0.05) is 35.3 Å². The van der Waals surface area contributed by atoms with E-state index in [4.69, 9.17) is 23.2 Å². The van der Waals surface area contributed by atoms with Crippen molar-refractivity contribution in [3.8, 4) is 0 Å². The summed E-state index contributed by atoms with van der Waals surface area (Å²) in [6.45, 7) is 1.29. The maximum Gasteiger partial charge on any atom is 0.433 e. The van der Waals surface area contributed by atoms with Crippen molar-refractivity contribution in [2.24, 2.45) is 0 Å². The number of pyridine rings is 1. The second-order valence-corrected chi connectivity index (χ2v) is 4.32. The van der Waals surface area contributed by atoms with Crippen molar-refractivity contribution >= 4 is 34.1 Å². The summed E-state index contributed by atoms with van der Waals surface area (Å²) < 4.78 is 38.2. The van der Waals surface area contributed by atoms with Crippen molar-refractivity contribution in [1.82, 2.24) is 4.98 Å². The van der Waals surface area contributed by atoms with Crippen LogP contribution in [0.1, 0.15) is 11.3 Å². The Morgan fingerprint density at radius 3 is 2.41 bits per heavy atom. The molecule has 2 rings (SSSR count). The number of alkyl halides is 3. The molecule has 0 N–H and O–H groups in total. The van der Waals surface area contributed by atoms with Crippen LogP contribution in [0.4, 0.5) is 13.2 Å². The zero-order valence-corrected chi connectivity index (χ0v) is 10.1. The van der Waals surface area contributed by atoms with E-state index < -0.39 is 11.9 Å². The topological polar surface area (TPSA) is 12.9 Å². The van der Waals surface area contributed by atoms with Crippen LogP contribution in [0.3, 0.4) is 0 Å². The molecule has 2 aromatic rings. The first kappa shape index (κ1) is 12.5. The average molecular weight is 280 g/mol. The summed E-state index contributed by atoms with van der Waals surface area (Å²) in [4.78, 5) is 3.56. The largest absolute Gasteiger partial charge is 0.433 e. The van der Waals surface area contributed by atoms with E-state index in [-0.39, 0.29) is 21.1 Å². The normalized spacial score (nSPS) is 12.1. The van der Waals surface area contributed by atoms with Crippen LogP contribution in [0.5, 0.6) is 0 Å². The molecular formula is C11H6Cl2F3N. The Kier molecular flexibility index (Phi) is 2.96. The lowest BCUT2D eigenvalue weighted by Crippen LogP contribution is -2.11. The summed E-state index contributed by atoms with van der Waals surface area (Å²) in [5.41, 5.74) is -1.02. The van der Waals surface area contributed by atoms with E-state index in [0.717, 1.165) is 0 Å². The van der Waals surface area contributed by atoms with Crippen LogP contribution >= 0.6 is 23.2 Å². The van der Waals surface area contributed by atoms with Gasteiger partial charge in [-0.25, -0.2) is 4.98 Å². The van der Waals surface area contributed by atoms with Gasteiger partial charge in [0.25, 0.3) is 0 Å². The van der Waals surface area contributed by atoms with Gasteiger partial charge in [0.05, 0.1) is 15.6 Å². The maximum atomic E-state index is 12.7. The molecule has 90 valence electrons. The zero-order valence-electron chi connectivity index (χ0n) is 8.57. The number of hydrogen-bond acceptors (Lipinski definition) is 1. The fourth-order valence-corrected chi connectivity index (χ4v) is 2.04. The molecule has 1 aromatic carbocycles. The van der Waals surface area contributed by atoms with Crippen molar-refractivity contribution in [2.75, 3.05) is 0 Å². The van der Waals surface area contributed by atoms with Gasteiger partial charge in [-0.15, -0.1) is 0 Å². The molecule has 0 radical (unpaired) electrons. The van der Waals surface area contributed by atoms with Gasteiger partial charge in [0, 0.05) is 5.39 Å². The third-order valence-electron chi connectivity index (χ3n) is 2.40. The monoisotopic (exact) mass is 279 g/mol. The van der Waals surface area contributed by atoms with Crippen LogP contribution in [-0.4, -0.2) is 4.98 Å². The van der Waals surface area contributed by atoms with Crippen molar-refractivity contribution in [2.45, 2.75) is 13.1 Å². The average Bonchev–Trinajstić information content (AvgIpc) is 2.22. The maximum absolute atomic E-state index is 12.7. The molecule has 1 aromatic heterocycles. The number of fused-ring (bicyclic) bond motifs is 1. The molecule has 0 saturated heterocycles. The van der Waals surface area contributed by atoms with Crippen molar-refractivity contribution in [1.29, 1.82) is 0 Å². The minimum atomic E-state index is -4.54. The second kappa shape index (κ2) is 4.03. The molecule has 0 aliphatic heterocycles. The predicted molar refractivity (Wildman–Crippen MR) is 61.5 cm³/mol. The molecule has 0 bridgehead atoms. The Morgan fingerprint density at radius 2 is 1.82 bits per heavy atom. The number of para-hydroxylation sites is 1. The highest BCUT2D eigenvalue weighted by molar-refractivity contribution is 6.39. The first-order chi connectivity index (χ1) is 7.82. The summed E-state index contributed by atoms with van der Waals surface area (Å²) in [5.74, 6) is 0. The van der Waals surface area contributed by atoms with E-state index in [0.29, 0.717) is 5.39 Å². The Balaban J connectivity index is 2.91. The van der Waals surface area contributed by atoms with Gasteiger partial charge in [-0.2, -0.15) is 13.2 Å². The smallest absolute Gasteiger partial charge is 0.241 e. The molecule has 0 unspecified atom stereocenters. The number of halogens is 5. The molecule has 0 spiro atoms. The number of aromatic nitrogens is 1. The summed E-state index contributed by atoms with van der Waals surface area (Å²) in [7, 11) is 0. The van der Waals surface area contributed by atoms with E-state index in [1.807, 2.05) is 0 Å². The van der Waals surface area contributed by atoms with E-state index in [2.05, 4.69) is 4.98 Å². The Bertz CT molecular complexity index is 593. The number of rotatable bonds is 0. The summed E-state index contributed by atoms with van der Waals surface area (Å²) in [5, 5.41) is 0.601. The van der Waals surface area contributed by atoms with Gasteiger partial charge in [0.2, 0.25) is 0 Å². The van der Waals surface area contributed by atoms with Gasteiger partial charge in [-0.3, -0.25) is 0 Å². The highest BCUT2D eigenvalue weighted by Crippen LogP contribution is 2.38. The van der Waals surface area contributed by atoms with E-state index in [1.54, 1.807) is 12.1 Å². The van der Waals surface area contributed by atoms with Crippen LogP contribution in [0.2, 0.25) is 10.0 Å². The molecule has 0 aliphatic carbocycles. The predicted octanol–water partition coefficient (Wildman–Crippen LogP) is 4.87. The molecule has 0 amide bonds.